The second-order valence-electron chi connectivity index (χ2n) is 8.00. The maximum Gasteiger partial charge on any atom is 0.145 e. The van der Waals surface area contributed by atoms with E-state index < -0.39 is 0 Å². The molecule has 0 aromatic rings. The standard InChI is InChI=1S/C23H32O2.C4H6O/c1-16-10-11-23(7,14-16)18(3)12-17(2)20(5)21(6)22(15-24-8)13-19(4)25-9;1-4(2)3-5/h10-13,16H,3-6,14-15H2,1-2,7-9H3;3H,1H2,2H3/b17-12-,22-13-;/t16?,23-;/m0./s1. The lowest BCUT2D eigenvalue weighted by Crippen LogP contribution is -2.13. The number of carbonyl (C=O) groups is 1. The quantitative estimate of drug-likeness (QED) is 0.132. The van der Waals surface area contributed by atoms with E-state index in [1.807, 2.05) is 13.0 Å². The highest BCUT2D eigenvalue weighted by Gasteiger charge is 2.29. The van der Waals surface area contributed by atoms with E-state index in [0.29, 0.717) is 23.9 Å². The molecule has 0 saturated carbocycles. The van der Waals surface area contributed by atoms with Crippen molar-refractivity contribution in [2.24, 2.45) is 11.3 Å². The average Bonchev–Trinajstić information content (AvgIpc) is 3.06. The van der Waals surface area contributed by atoms with E-state index in [-0.39, 0.29) is 5.41 Å². The molecule has 2 atom stereocenters. The van der Waals surface area contributed by atoms with Crippen LogP contribution in [0.25, 0.3) is 0 Å². The fraction of sp³-hybridized carbons (Fsp3) is 0.370. The molecule has 0 aromatic carbocycles. The summed E-state index contributed by atoms with van der Waals surface area (Å²) < 4.78 is 10.4. The summed E-state index contributed by atoms with van der Waals surface area (Å²) in [5.74, 6) is 1.15. The van der Waals surface area contributed by atoms with Crippen molar-refractivity contribution in [2.45, 2.75) is 34.1 Å². The summed E-state index contributed by atoms with van der Waals surface area (Å²) in [5.41, 5.74) is 5.32. The van der Waals surface area contributed by atoms with E-state index in [0.717, 1.165) is 40.6 Å². The number of aldehydes is 1. The van der Waals surface area contributed by atoms with Crippen LogP contribution in [0.15, 0.2) is 96.4 Å². The SMILES string of the molecule is C=C(/C=C(/COC)C(=C)C(=C)/C(C)=C\C(=C)[C@@]1(C)C=CC(C)C1)OC.C=C(C)C=O. The zero-order chi connectivity index (χ0) is 23.5. The predicted octanol–water partition coefficient (Wildman–Crippen LogP) is 6.70. The summed E-state index contributed by atoms with van der Waals surface area (Å²) in [6.07, 6.45) is 10.3. The van der Waals surface area contributed by atoms with E-state index in [9.17, 15) is 4.79 Å². The molecule has 0 spiro atoms. The monoisotopic (exact) mass is 410 g/mol. The van der Waals surface area contributed by atoms with Gasteiger partial charge in [-0.25, -0.2) is 0 Å². The van der Waals surface area contributed by atoms with Gasteiger partial charge in [0.2, 0.25) is 0 Å². The van der Waals surface area contributed by atoms with Crippen molar-refractivity contribution in [3.05, 3.63) is 96.4 Å². The normalized spacial score (nSPS) is 20.7. The first kappa shape index (κ1) is 27.4. The molecule has 3 heteroatoms. The Morgan fingerprint density at radius 3 is 2.07 bits per heavy atom. The summed E-state index contributed by atoms with van der Waals surface area (Å²) in [6.45, 7) is 28.4. The topological polar surface area (TPSA) is 35.5 Å². The highest BCUT2D eigenvalue weighted by molar-refractivity contribution is 5.70. The average molecular weight is 411 g/mol. The maximum absolute atomic E-state index is 9.41. The molecule has 0 aliphatic heterocycles. The number of hydrogen-bond acceptors (Lipinski definition) is 3. The van der Waals surface area contributed by atoms with Crippen molar-refractivity contribution in [3.63, 3.8) is 0 Å². The summed E-state index contributed by atoms with van der Waals surface area (Å²) in [7, 11) is 3.24. The van der Waals surface area contributed by atoms with Crippen LogP contribution >= 0.6 is 0 Å². The molecule has 0 radical (unpaired) electrons. The first-order valence-electron chi connectivity index (χ1n) is 9.90. The molecule has 1 aliphatic rings. The Bertz CT molecular complexity index is 789. The Labute approximate surface area is 183 Å². The van der Waals surface area contributed by atoms with Crippen molar-refractivity contribution in [2.75, 3.05) is 20.8 Å². The summed E-state index contributed by atoms with van der Waals surface area (Å²) in [5, 5.41) is 0. The molecule has 0 N–H and O–H groups in total. The third-order valence-corrected chi connectivity index (χ3v) is 4.99. The Morgan fingerprint density at radius 2 is 1.67 bits per heavy atom. The minimum atomic E-state index is 0.0117. The van der Waals surface area contributed by atoms with Crippen LogP contribution in [0.5, 0.6) is 0 Å². The van der Waals surface area contributed by atoms with Gasteiger partial charge in [0.25, 0.3) is 0 Å². The van der Waals surface area contributed by atoms with Gasteiger partial charge in [0.05, 0.1) is 13.7 Å². The van der Waals surface area contributed by atoms with Gasteiger partial charge in [-0.1, -0.05) is 65.0 Å². The van der Waals surface area contributed by atoms with Crippen LogP contribution in [0, 0.1) is 11.3 Å². The molecule has 30 heavy (non-hydrogen) atoms. The number of hydrogen-bond donors (Lipinski definition) is 0. The molecule has 1 rings (SSSR count). The lowest BCUT2D eigenvalue weighted by Gasteiger charge is -2.25. The van der Waals surface area contributed by atoms with Crippen molar-refractivity contribution in [1.29, 1.82) is 0 Å². The summed E-state index contributed by atoms with van der Waals surface area (Å²) >= 11 is 0. The molecule has 3 nitrogen and oxygen atoms in total. The lowest BCUT2D eigenvalue weighted by molar-refractivity contribution is -0.104. The van der Waals surface area contributed by atoms with Crippen molar-refractivity contribution in [3.8, 4) is 0 Å². The largest absolute Gasteiger partial charge is 0.497 e. The first-order valence-corrected chi connectivity index (χ1v) is 9.90. The van der Waals surface area contributed by atoms with Gasteiger partial charge in [0, 0.05) is 12.5 Å². The smallest absolute Gasteiger partial charge is 0.145 e. The fourth-order valence-electron chi connectivity index (χ4n) is 2.99. The molecular formula is C27H38O3. The van der Waals surface area contributed by atoms with Crippen molar-refractivity contribution in [1.82, 2.24) is 0 Å². The molecule has 0 fully saturated rings. The Balaban J connectivity index is 0.00000150. The minimum Gasteiger partial charge on any atom is -0.497 e. The van der Waals surface area contributed by atoms with E-state index in [1.165, 1.54) is 0 Å². The highest BCUT2D eigenvalue weighted by Crippen LogP contribution is 2.42. The number of allylic oxidation sites excluding steroid dienone is 8. The van der Waals surface area contributed by atoms with Gasteiger partial charge in [0.1, 0.15) is 12.0 Å². The van der Waals surface area contributed by atoms with Gasteiger partial charge >= 0.3 is 0 Å². The van der Waals surface area contributed by atoms with E-state index in [4.69, 9.17) is 9.47 Å². The van der Waals surface area contributed by atoms with Gasteiger partial charge in [-0.3, -0.25) is 4.79 Å². The van der Waals surface area contributed by atoms with Gasteiger partial charge < -0.3 is 9.47 Å². The van der Waals surface area contributed by atoms with E-state index in [2.05, 4.69) is 65.0 Å². The van der Waals surface area contributed by atoms with Crippen LogP contribution in [-0.4, -0.2) is 27.1 Å². The molecule has 164 valence electrons. The number of carbonyl (C=O) groups excluding carboxylic acids is 1. The van der Waals surface area contributed by atoms with Crippen LogP contribution < -0.4 is 0 Å². The minimum absolute atomic E-state index is 0.0117. The molecule has 0 bridgehead atoms. The fourth-order valence-corrected chi connectivity index (χ4v) is 2.99. The molecule has 0 aromatic heterocycles. The zero-order valence-corrected chi connectivity index (χ0v) is 19.6. The summed E-state index contributed by atoms with van der Waals surface area (Å²) in [4.78, 5) is 9.41. The number of ether oxygens (including phenoxy) is 2. The lowest BCUT2D eigenvalue weighted by atomic mass is 9.79. The Kier molecular flexibility index (Phi) is 11.7. The summed E-state index contributed by atoms with van der Waals surface area (Å²) in [6, 6.07) is 0. The predicted molar refractivity (Wildman–Crippen MR) is 129 cm³/mol. The van der Waals surface area contributed by atoms with Crippen LogP contribution in [0.1, 0.15) is 34.1 Å². The molecule has 0 amide bonds. The highest BCUT2D eigenvalue weighted by atomic mass is 16.5. The molecular weight excluding hydrogens is 372 g/mol. The van der Waals surface area contributed by atoms with Crippen LogP contribution in [0.3, 0.4) is 0 Å². The van der Waals surface area contributed by atoms with Gasteiger partial charge in [-0.05, 0) is 65.7 Å². The van der Waals surface area contributed by atoms with E-state index in [1.54, 1.807) is 21.1 Å². The van der Waals surface area contributed by atoms with Gasteiger partial charge in [0.15, 0.2) is 0 Å². The second-order valence-corrected chi connectivity index (χ2v) is 8.00. The molecule has 1 aliphatic carbocycles. The molecule has 0 saturated heterocycles. The van der Waals surface area contributed by atoms with Crippen LogP contribution in [0.2, 0.25) is 0 Å². The van der Waals surface area contributed by atoms with Crippen LogP contribution in [-0.2, 0) is 14.3 Å². The Morgan fingerprint density at radius 1 is 1.10 bits per heavy atom. The van der Waals surface area contributed by atoms with Gasteiger partial charge in [-0.2, -0.15) is 0 Å². The second kappa shape index (κ2) is 12.8. The third kappa shape index (κ3) is 8.79. The Hall–Kier alpha value is -2.65. The third-order valence-electron chi connectivity index (χ3n) is 4.99. The molecule has 0 heterocycles. The van der Waals surface area contributed by atoms with E-state index >= 15 is 0 Å². The number of methoxy groups -OCH3 is 2. The molecule has 1 unspecified atom stereocenters. The number of rotatable bonds is 10. The van der Waals surface area contributed by atoms with Crippen LogP contribution in [0.4, 0.5) is 0 Å². The zero-order valence-electron chi connectivity index (χ0n) is 19.6. The van der Waals surface area contributed by atoms with Crippen molar-refractivity contribution < 1.29 is 14.3 Å². The van der Waals surface area contributed by atoms with Gasteiger partial charge in [-0.15, -0.1) is 0 Å². The first-order chi connectivity index (χ1) is 13.9. The maximum atomic E-state index is 9.41. The van der Waals surface area contributed by atoms with Crippen molar-refractivity contribution >= 4 is 6.29 Å².